The van der Waals surface area contributed by atoms with E-state index in [-0.39, 0.29) is 6.10 Å². The molecule has 4 heteroatoms. The first kappa shape index (κ1) is 10.9. The van der Waals surface area contributed by atoms with Crippen LogP contribution in [-0.4, -0.2) is 23.7 Å². The Balaban J connectivity index is 1.95. The highest BCUT2D eigenvalue weighted by atomic mass is 79.9. The van der Waals surface area contributed by atoms with Crippen LogP contribution in [0.5, 0.6) is 5.75 Å². The molecule has 82 valence electrons. The van der Waals surface area contributed by atoms with Gasteiger partial charge in [0.15, 0.2) is 0 Å². The Morgan fingerprint density at radius 2 is 2.47 bits per heavy atom. The molecule has 1 aliphatic heterocycles. The molecule has 1 fully saturated rings. The lowest BCUT2D eigenvalue weighted by Crippen LogP contribution is -2.36. The summed E-state index contributed by atoms with van der Waals surface area (Å²) in [6.45, 7) is 3.21. The zero-order chi connectivity index (χ0) is 10.7. The van der Waals surface area contributed by atoms with Crippen molar-refractivity contribution < 1.29 is 4.74 Å². The first-order chi connectivity index (χ1) is 7.25. The molecule has 0 spiro atoms. The van der Waals surface area contributed by atoms with Crippen molar-refractivity contribution in [3.63, 3.8) is 0 Å². The third-order valence-corrected chi connectivity index (χ3v) is 3.10. The van der Waals surface area contributed by atoms with Gasteiger partial charge in [-0.3, -0.25) is 4.98 Å². The van der Waals surface area contributed by atoms with Gasteiger partial charge < -0.3 is 10.1 Å². The van der Waals surface area contributed by atoms with E-state index in [1.807, 2.05) is 6.07 Å². The van der Waals surface area contributed by atoms with E-state index in [1.165, 1.54) is 12.8 Å². The van der Waals surface area contributed by atoms with Gasteiger partial charge in [-0.2, -0.15) is 0 Å². The number of rotatable bonds is 3. The predicted octanol–water partition coefficient (Wildman–Crippen LogP) is 2.36. The maximum absolute atomic E-state index is 5.82. The number of nitrogens with one attached hydrogen (secondary N) is 1. The second-order valence-electron chi connectivity index (χ2n) is 3.86. The molecule has 2 rings (SSSR count). The zero-order valence-corrected chi connectivity index (χ0v) is 10.3. The van der Waals surface area contributed by atoms with E-state index in [1.54, 1.807) is 12.4 Å². The van der Waals surface area contributed by atoms with Crippen LogP contribution in [0.15, 0.2) is 22.9 Å². The number of hydrogen-bond donors (Lipinski definition) is 1. The van der Waals surface area contributed by atoms with Crippen molar-refractivity contribution in [2.75, 3.05) is 6.54 Å². The van der Waals surface area contributed by atoms with Gasteiger partial charge in [-0.05, 0) is 48.3 Å². The topological polar surface area (TPSA) is 34.1 Å². The second kappa shape index (κ2) is 4.94. The van der Waals surface area contributed by atoms with E-state index in [2.05, 4.69) is 33.2 Å². The van der Waals surface area contributed by atoms with Gasteiger partial charge in [-0.25, -0.2) is 0 Å². The minimum atomic E-state index is 0.198. The summed E-state index contributed by atoms with van der Waals surface area (Å²) >= 11 is 3.38. The van der Waals surface area contributed by atoms with E-state index in [9.17, 15) is 0 Å². The standard InChI is InChI=1S/C11H15BrN2O/c1-8(11-3-2-4-14-11)15-10-5-9(12)6-13-7-10/h5-8,11,14H,2-4H2,1H3. The van der Waals surface area contributed by atoms with Gasteiger partial charge in [0.2, 0.25) is 0 Å². The van der Waals surface area contributed by atoms with Gasteiger partial charge in [-0.15, -0.1) is 0 Å². The molecule has 0 aromatic carbocycles. The van der Waals surface area contributed by atoms with Crippen LogP contribution < -0.4 is 10.1 Å². The normalized spacial score (nSPS) is 22.7. The smallest absolute Gasteiger partial charge is 0.139 e. The van der Waals surface area contributed by atoms with Crippen LogP contribution in [0.1, 0.15) is 19.8 Å². The fourth-order valence-electron chi connectivity index (χ4n) is 1.87. The Hall–Kier alpha value is -0.610. The molecule has 1 aliphatic rings. The summed E-state index contributed by atoms with van der Waals surface area (Å²) in [6.07, 6.45) is 6.14. The van der Waals surface area contributed by atoms with Crippen molar-refractivity contribution in [1.29, 1.82) is 0 Å². The van der Waals surface area contributed by atoms with Crippen molar-refractivity contribution in [1.82, 2.24) is 10.3 Å². The molecule has 1 saturated heterocycles. The molecule has 2 atom stereocenters. The fraction of sp³-hybridized carbons (Fsp3) is 0.545. The highest BCUT2D eigenvalue weighted by molar-refractivity contribution is 9.10. The summed E-state index contributed by atoms with van der Waals surface area (Å²) < 4.78 is 6.77. The quantitative estimate of drug-likeness (QED) is 0.916. The van der Waals surface area contributed by atoms with Crippen LogP contribution in [0.4, 0.5) is 0 Å². The van der Waals surface area contributed by atoms with Crippen LogP contribution >= 0.6 is 15.9 Å². The van der Waals surface area contributed by atoms with Crippen LogP contribution in [0.2, 0.25) is 0 Å². The lowest BCUT2D eigenvalue weighted by atomic mass is 10.1. The van der Waals surface area contributed by atoms with Crippen molar-refractivity contribution in [2.24, 2.45) is 0 Å². The zero-order valence-electron chi connectivity index (χ0n) is 8.74. The lowest BCUT2D eigenvalue weighted by molar-refractivity contribution is 0.179. The SMILES string of the molecule is CC(Oc1cncc(Br)c1)C1CCCN1. The average molecular weight is 271 g/mol. The minimum Gasteiger partial charge on any atom is -0.487 e. The Morgan fingerprint density at radius 3 is 3.13 bits per heavy atom. The number of pyridine rings is 1. The van der Waals surface area contributed by atoms with Gasteiger partial charge in [-0.1, -0.05) is 0 Å². The molecule has 2 heterocycles. The van der Waals surface area contributed by atoms with Crippen LogP contribution in [0.3, 0.4) is 0 Å². The molecular weight excluding hydrogens is 256 g/mol. The molecule has 0 bridgehead atoms. The van der Waals surface area contributed by atoms with E-state index in [4.69, 9.17) is 4.74 Å². The van der Waals surface area contributed by atoms with E-state index >= 15 is 0 Å². The van der Waals surface area contributed by atoms with Crippen LogP contribution in [-0.2, 0) is 0 Å². The average Bonchev–Trinajstić information content (AvgIpc) is 2.70. The second-order valence-corrected chi connectivity index (χ2v) is 4.78. The third kappa shape index (κ3) is 2.92. The van der Waals surface area contributed by atoms with Gasteiger partial charge in [0, 0.05) is 16.7 Å². The summed E-state index contributed by atoms with van der Waals surface area (Å²) in [5.41, 5.74) is 0. The maximum atomic E-state index is 5.82. The Labute approximate surface area is 98.4 Å². The van der Waals surface area contributed by atoms with E-state index in [0.717, 1.165) is 16.8 Å². The van der Waals surface area contributed by atoms with Gasteiger partial charge in [0.25, 0.3) is 0 Å². The monoisotopic (exact) mass is 270 g/mol. The van der Waals surface area contributed by atoms with Gasteiger partial charge in [0.1, 0.15) is 11.9 Å². The van der Waals surface area contributed by atoms with Crippen LogP contribution in [0.25, 0.3) is 0 Å². The van der Waals surface area contributed by atoms with E-state index < -0.39 is 0 Å². The van der Waals surface area contributed by atoms with Gasteiger partial charge in [0.05, 0.1) is 6.20 Å². The number of halogens is 1. The largest absolute Gasteiger partial charge is 0.487 e. The first-order valence-corrected chi connectivity index (χ1v) is 6.05. The number of ether oxygens (including phenoxy) is 1. The first-order valence-electron chi connectivity index (χ1n) is 5.26. The Kier molecular flexibility index (Phi) is 3.59. The lowest BCUT2D eigenvalue weighted by Gasteiger charge is -2.20. The maximum Gasteiger partial charge on any atom is 0.139 e. The van der Waals surface area contributed by atoms with Crippen molar-refractivity contribution in [3.8, 4) is 5.75 Å². The number of aromatic nitrogens is 1. The molecule has 1 N–H and O–H groups in total. The Morgan fingerprint density at radius 1 is 1.60 bits per heavy atom. The van der Waals surface area contributed by atoms with Gasteiger partial charge >= 0.3 is 0 Å². The molecule has 2 unspecified atom stereocenters. The third-order valence-electron chi connectivity index (χ3n) is 2.67. The van der Waals surface area contributed by atoms with E-state index in [0.29, 0.717) is 6.04 Å². The Bertz CT molecular complexity index is 326. The predicted molar refractivity (Wildman–Crippen MR) is 63.1 cm³/mol. The summed E-state index contributed by atoms with van der Waals surface area (Å²) in [7, 11) is 0. The van der Waals surface area contributed by atoms with Crippen molar-refractivity contribution in [3.05, 3.63) is 22.9 Å². The highest BCUT2D eigenvalue weighted by Crippen LogP contribution is 2.19. The summed E-state index contributed by atoms with van der Waals surface area (Å²) in [5.74, 6) is 0.825. The molecule has 0 radical (unpaired) electrons. The van der Waals surface area contributed by atoms with Crippen molar-refractivity contribution >= 4 is 15.9 Å². The molecule has 1 aromatic heterocycles. The summed E-state index contributed by atoms with van der Waals surface area (Å²) in [5, 5.41) is 3.43. The van der Waals surface area contributed by atoms with Crippen molar-refractivity contribution in [2.45, 2.75) is 31.9 Å². The molecule has 0 amide bonds. The molecule has 3 nitrogen and oxygen atoms in total. The molecule has 0 saturated carbocycles. The highest BCUT2D eigenvalue weighted by Gasteiger charge is 2.22. The summed E-state index contributed by atoms with van der Waals surface area (Å²) in [6, 6.07) is 2.42. The molecule has 15 heavy (non-hydrogen) atoms. The van der Waals surface area contributed by atoms with Crippen LogP contribution in [0, 0.1) is 0 Å². The molecule has 1 aromatic rings. The molecule has 0 aliphatic carbocycles. The molecular formula is C11H15BrN2O. The minimum absolute atomic E-state index is 0.198. The summed E-state index contributed by atoms with van der Waals surface area (Å²) in [4.78, 5) is 4.07. The number of nitrogens with zero attached hydrogens (tertiary/aromatic N) is 1. The fourth-order valence-corrected chi connectivity index (χ4v) is 2.21. The number of hydrogen-bond acceptors (Lipinski definition) is 3.